The molecule has 8 nitrogen and oxygen atoms in total. The van der Waals surface area contributed by atoms with E-state index in [4.69, 9.17) is 4.74 Å². The zero-order chi connectivity index (χ0) is 26.1. The van der Waals surface area contributed by atoms with Gasteiger partial charge in [-0.3, -0.25) is 14.2 Å². The van der Waals surface area contributed by atoms with Crippen LogP contribution in [-0.4, -0.2) is 25.4 Å². The highest BCUT2D eigenvalue weighted by atomic mass is 19.1. The number of rotatable bonds is 6. The number of pyridine rings is 2. The molecule has 0 atom stereocenters. The van der Waals surface area contributed by atoms with Gasteiger partial charge in [0.15, 0.2) is 23.0 Å². The number of halogens is 2. The Balaban J connectivity index is 1.36. The van der Waals surface area contributed by atoms with Gasteiger partial charge in [-0.1, -0.05) is 13.8 Å². The molecule has 10 heteroatoms. The molecule has 5 rings (SSSR count). The average molecular weight is 501 g/mol. The van der Waals surface area contributed by atoms with Crippen LogP contribution in [0.4, 0.5) is 14.5 Å². The molecule has 1 amide bonds. The lowest BCUT2D eigenvalue weighted by molar-refractivity contribution is 0.102. The van der Waals surface area contributed by atoms with Gasteiger partial charge in [0, 0.05) is 41.8 Å². The maximum absolute atomic E-state index is 14.9. The smallest absolute Gasteiger partial charge is 0.267 e. The van der Waals surface area contributed by atoms with Gasteiger partial charge in [0.1, 0.15) is 22.7 Å². The van der Waals surface area contributed by atoms with Crippen molar-refractivity contribution >= 4 is 22.8 Å². The molecule has 3 aromatic heterocycles. The number of imidazole rings is 1. The van der Waals surface area contributed by atoms with Crippen LogP contribution in [0.15, 0.2) is 77.9 Å². The van der Waals surface area contributed by atoms with Crippen molar-refractivity contribution < 1.29 is 18.3 Å². The van der Waals surface area contributed by atoms with Gasteiger partial charge in [-0.25, -0.2) is 18.7 Å². The van der Waals surface area contributed by atoms with E-state index in [9.17, 15) is 18.4 Å². The lowest BCUT2D eigenvalue weighted by atomic mass is 10.2. The first-order valence-corrected chi connectivity index (χ1v) is 11.4. The van der Waals surface area contributed by atoms with Crippen LogP contribution < -0.4 is 15.6 Å². The second-order valence-electron chi connectivity index (χ2n) is 8.56. The third-order valence-electron chi connectivity index (χ3n) is 5.63. The van der Waals surface area contributed by atoms with Crippen LogP contribution in [0.25, 0.3) is 16.9 Å². The summed E-state index contributed by atoms with van der Waals surface area (Å²) < 4.78 is 35.1. The first kappa shape index (κ1) is 23.9. The molecule has 2 aromatic carbocycles. The maximum atomic E-state index is 14.9. The number of nitrogens with zero attached hydrogens (tertiary/aromatic N) is 3. The summed E-state index contributed by atoms with van der Waals surface area (Å²) in [5.74, 6) is -0.719. The van der Waals surface area contributed by atoms with E-state index in [1.54, 1.807) is 6.07 Å². The molecule has 0 bridgehead atoms. The number of nitrogens with one attached hydrogen (secondary N) is 2. The second kappa shape index (κ2) is 9.65. The fourth-order valence-corrected chi connectivity index (χ4v) is 3.71. The summed E-state index contributed by atoms with van der Waals surface area (Å²) >= 11 is 0. The summed E-state index contributed by atoms with van der Waals surface area (Å²) in [5, 5.41) is 2.53. The molecule has 3 heterocycles. The highest BCUT2D eigenvalue weighted by Gasteiger charge is 2.16. The number of aromatic nitrogens is 4. The fourth-order valence-electron chi connectivity index (χ4n) is 3.71. The minimum Gasteiger partial charge on any atom is -0.452 e. The first-order chi connectivity index (χ1) is 17.8. The summed E-state index contributed by atoms with van der Waals surface area (Å²) in [6.07, 6.45) is 2.99. The topological polar surface area (TPSA) is 102 Å². The molecule has 0 aliphatic heterocycles. The Hall–Kier alpha value is -4.86. The molecule has 5 aromatic rings. The Bertz CT molecular complexity index is 1680. The number of carbonyl (C=O) groups is 1. The van der Waals surface area contributed by atoms with E-state index in [1.165, 1.54) is 65.5 Å². The molecule has 2 N–H and O–H groups in total. The Labute approximate surface area is 209 Å². The number of anilines is 1. The number of H-pyrrole nitrogens is 1. The van der Waals surface area contributed by atoms with Crippen LogP contribution in [0.1, 0.15) is 35.9 Å². The van der Waals surface area contributed by atoms with Crippen molar-refractivity contribution in [3.63, 3.8) is 0 Å². The number of fused-ring (bicyclic) bond motifs is 1. The Kier molecular flexibility index (Phi) is 6.22. The number of amides is 1. The van der Waals surface area contributed by atoms with Crippen molar-refractivity contribution in [2.24, 2.45) is 0 Å². The Morgan fingerprint density at radius 3 is 2.57 bits per heavy atom. The van der Waals surface area contributed by atoms with Crippen molar-refractivity contribution in [1.29, 1.82) is 0 Å². The standard InChI is InChI=1S/C27H21F2N5O3/c1-15(2)24-32-23-22(11-12-30-25(23)33-24)37-21-10-7-17(14-20(21)29)31-26(35)19-4-3-13-34(27(19)36)18-8-5-16(28)6-9-18/h3-15H,1-2H3,(H,31,35)(H,30,32,33). The van der Waals surface area contributed by atoms with Gasteiger partial charge in [0.2, 0.25) is 0 Å². The quantitative estimate of drug-likeness (QED) is 0.317. The zero-order valence-corrected chi connectivity index (χ0v) is 19.8. The van der Waals surface area contributed by atoms with Gasteiger partial charge in [-0.2, -0.15) is 0 Å². The number of hydrogen-bond donors (Lipinski definition) is 2. The fraction of sp³-hybridized carbons (Fsp3) is 0.111. The van der Waals surface area contributed by atoms with Crippen LogP contribution in [0, 0.1) is 11.6 Å². The SMILES string of the molecule is CC(C)c1nc2nccc(Oc3ccc(NC(=O)c4cccn(-c5ccc(F)cc5)c4=O)cc3F)c2[nH]1. The van der Waals surface area contributed by atoms with E-state index in [1.807, 2.05) is 13.8 Å². The highest BCUT2D eigenvalue weighted by Crippen LogP contribution is 2.31. The van der Waals surface area contributed by atoms with Gasteiger partial charge in [0.25, 0.3) is 11.5 Å². The summed E-state index contributed by atoms with van der Waals surface area (Å²) in [4.78, 5) is 37.5. The van der Waals surface area contributed by atoms with Crippen LogP contribution in [0.2, 0.25) is 0 Å². The molecule has 0 saturated carbocycles. The first-order valence-electron chi connectivity index (χ1n) is 11.4. The highest BCUT2D eigenvalue weighted by molar-refractivity contribution is 6.04. The summed E-state index contributed by atoms with van der Waals surface area (Å²) in [6, 6.07) is 13.7. The minimum absolute atomic E-state index is 0.0652. The minimum atomic E-state index is -0.719. The van der Waals surface area contributed by atoms with Gasteiger partial charge >= 0.3 is 0 Å². The largest absolute Gasteiger partial charge is 0.452 e. The van der Waals surface area contributed by atoms with E-state index in [0.29, 0.717) is 22.6 Å². The van der Waals surface area contributed by atoms with E-state index in [0.717, 1.165) is 11.9 Å². The third-order valence-corrected chi connectivity index (χ3v) is 5.63. The van der Waals surface area contributed by atoms with Gasteiger partial charge in [-0.05, 0) is 48.5 Å². The molecular weight excluding hydrogens is 480 g/mol. The number of carbonyl (C=O) groups excluding carboxylic acids is 1. The molecule has 37 heavy (non-hydrogen) atoms. The summed E-state index contributed by atoms with van der Waals surface area (Å²) in [5.41, 5.74) is 0.775. The number of ether oxygens (including phenoxy) is 1. The van der Waals surface area contributed by atoms with Crippen molar-refractivity contribution in [2.75, 3.05) is 5.32 Å². The lowest BCUT2D eigenvalue weighted by Crippen LogP contribution is -2.27. The van der Waals surface area contributed by atoms with E-state index in [-0.39, 0.29) is 22.9 Å². The van der Waals surface area contributed by atoms with Crippen molar-refractivity contribution in [3.8, 4) is 17.2 Å². The molecule has 0 unspecified atom stereocenters. The van der Waals surface area contributed by atoms with E-state index >= 15 is 0 Å². The Morgan fingerprint density at radius 1 is 1.05 bits per heavy atom. The molecule has 0 aliphatic carbocycles. The Morgan fingerprint density at radius 2 is 1.84 bits per heavy atom. The molecule has 0 aliphatic rings. The lowest BCUT2D eigenvalue weighted by Gasteiger charge is -2.11. The monoisotopic (exact) mass is 501 g/mol. The maximum Gasteiger partial charge on any atom is 0.267 e. The third kappa shape index (κ3) is 4.81. The molecular formula is C27H21F2N5O3. The molecule has 0 spiro atoms. The average Bonchev–Trinajstić information content (AvgIpc) is 3.32. The second-order valence-corrected chi connectivity index (χ2v) is 8.56. The number of hydrogen-bond acceptors (Lipinski definition) is 5. The molecule has 186 valence electrons. The van der Waals surface area contributed by atoms with Crippen molar-refractivity contribution in [3.05, 3.63) is 106 Å². The molecule has 0 radical (unpaired) electrons. The van der Waals surface area contributed by atoms with E-state index in [2.05, 4.69) is 20.3 Å². The van der Waals surface area contributed by atoms with Gasteiger partial charge in [-0.15, -0.1) is 0 Å². The van der Waals surface area contributed by atoms with Crippen LogP contribution >= 0.6 is 0 Å². The van der Waals surface area contributed by atoms with Crippen molar-refractivity contribution in [1.82, 2.24) is 19.5 Å². The zero-order valence-electron chi connectivity index (χ0n) is 19.8. The summed E-state index contributed by atoms with van der Waals surface area (Å²) in [7, 11) is 0. The molecule has 0 saturated heterocycles. The van der Waals surface area contributed by atoms with Crippen LogP contribution in [0.5, 0.6) is 11.5 Å². The number of benzene rings is 2. The molecule has 0 fully saturated rings. The van der Waals surface area contributed by atoms with Gasteiger partial charge in [0.05, 0.1) is 0 Å². The van der Waals surface area contributed by atoms with E-state index < -0.39 is 23.1 Å². The predicted molar refractivity (Wildman–Crippen MR) is 134 cm³/mol. The van der Waals surface area contributed by atoms with Crippen LogP contribution in [-0.2, 0) is 0 Å². The van der Waals surface area contributed by atoms with Gasteiger partial charge < -0.3 is 15.0 Å². The number of aromatic amines is 1. The summed E-state index contributed by atoms with van der Waals surface area (Å²) in [6.45, 7) is 3.97. The normalized spacial score (nSPS) is 11.2. The predicted octanol–water partition coefficient (Wildman–Crippen LogP) is 5.56. The van der Waals surface area contributed by atoms with Crippen molar-refractivity contribution in [2.45, 2.75) is 19.8 Å². The van der Waals surface area contributed by atoms with Crippen LogP contribution in [0.3, 0.4) is 0 Å².